The van der Waals surface area contributed by atoms with Gasteiger partial charge >= 0.3 is 5.51 Å². The van der Waals surface area contributed by atoms with Crippen molar-refractivity contribution in [1.82, 2.24) is 0 Å². The SMILES string of the molecule is [C-]#[N+]c1cc(SC(F)(F)F)cc(C(C)(C)C)c1. The zero-order valence-electron chi connectivity index (χ0n) is 9.72. The molecule has 0 aliphatic heterocycles. The molecule has 17 heavy (non-hydrogen) atoms. The van der Waals surface area contributed by atoms with E-state index in [0.29, 0.717) is 0 Å². The highest BCUT2D eigenvalue weighted by molar-refractivity contribution is 8.00. The van der Waals surface area contributed by atoms with Crippen molar-refractivity contribution in [3.63, 3.8) is 0 Å². The third-order valence-electron chi connectivity index (χ3n) is 2.12. The van der Waals surface area contributed by atoms with Crippen LogP contribution >= 0.6 is 11.8 Å². The molecule has 0 saturated carbocycles. The summed E-state index contributed by atoms with van der Waals surface area (Å²) in [5, 5.41) is 0. The number of benzene rings is 1. The summed E-state index contributed by atoms with van der Waals surface area (Å²) in [6, 6.07) is 4.39. The van der Waals surface area contributed by atoms with Gasteiger partial charge in [0, 0.05) is 4.90 Å². The van der Waals surface area contributed by atoms with E-state index in [-0.39, 0.29) is 27.8 Å². The fourth-order valence-corrected chi connectivity index (χ4v) is 1.91. The summed E-state index contributed by atoms with van der Waals surface area (Å²) in [4.78, 5) is 3.27. The van der Waals surface area contributed by atoms with E-state index in [1.54, 1.807) is 6.07 Å². The standard InChI is InChI=1S/C12H12F3NS/c1-11(2,3)8-5-9(16-4)7-10(6-8)17-12(13,14)15/h5-7H,1-3H3. The topological polar surface area (TPSA) is 4.36 Å². The van der Waals surface area contributed by atoms with Crippen LogP contribution in [-0.2, 0) is 5.41 Å². The molecule has 1 rings (SSSR count). The Morgan fingerprint density at radius 1 is 1.12 bits per heavy atom. The van der Waals surface area contributed by atoms with Crippen LogP contribution in [0.2, 0.25) is 0 Å². The lowest BCUT2D eigenvalue weighted by molar-refractivity contribution is -0.0328. The number of halogens is 3. The second kappa shape index (κ2) is 4.61. The van der Waals surface area contributed by atoms with Crippen LogP contribution in [0.5, 0.6) is 0 Å². The molecule has 1 aromatic carbocycles. The molecule has 0 aliphatic carbocycles. The molecule has 0 spiro atoms. The van der Waals surface area contributed by atoms with Crippen molar-refractivity contribution in [2.75, 3.05) is 0 Å². The Hall–Kier alpha value is -1.15. The predicted octanol–water partition coefficient (Wildman–Crippen LogP) is 5.15. The number of nitrogens with zero attached hydrogens (tertiary/aromatic N) is 1. The van der Waals surface area contributed by atoms with Crippen molar-refractivity contribution in [3.8, 4) is 0 Å². The van der Waals surface area contributed by atoms with Crippen LogP contribution in [0.25, 0.3) is 4.85 Å². The summed E-state index contributed by atoms with van der Waals surface area (Å²) in [5.74, 6) is 0. The number of alkyl halides is 3. The Bertz CT molecular complexity index is 452. The largest absolute Gasteiger partial charge is 0.446 e. The molecule has 0 fully saturated rings. The minimum atomic E-state index is -4.32. The Morgan fingerprint density at radius 3 is 2.12 bits per heavy atom. The maximum atomic E-state index is 12.3. The van der Waals surface area contributed by atoms with Gasteiger partial charge in [-0.1, -0.05) is 32.4 Å². The van der Waals surface area contributed by atoms with Gasteiger partial charge in [-0.25, -0.2) is 4.85 Å². The number of thioether (sulfide) groups is 1. The van der Waals surface area contributed by atoms with E-state index in [1.807, 2.05) is 20.8 Å². The van der Waals surface area contributed by atoms with E-state index in [0.717, 1.165) is 5.56 Å². The third kappa shape index (κ3) is 4.31. The van der Waals surface area contributed by atoms with Gasteiger partial charge in [0.2, 0.25) is 0 Å². The molecule has 0 saturated heterocycles. The fraction of sp³-hybridized carbons (Fsp3) is 0.417. The van der Waals surface area contributed by atoms with Crippen LogP contribution in [0.4, 0.5) is 18.9 Å². The Labute approximate surface area is 103 Å². The molecular formula is C12H12F3NS. The van der Waals surface area contributed by atoms with Gasteiger partial charge in [-0.15, -0.1) is 0 Å². The summed E-state index contributed by atoms with van der Waals surface area (Å²) >= 11 is -0.183. The highest BCUT2D eigenvalue weighted by Gasteiger charge is 2.30. The fourth-order valence-electron chi connectivity index (χ4n) is 1.27. The lowest BCUT2D eigenvalue weighted by atomic mass is 9.87. The van der Waals surface area contributed by atoms with Crippen LogP contribution in [0.3, 0.4) is 0 Å². The van der Waals surface area contributed by atoms with E-state index in [4.69, 9.17) is 6.57 Å². The van der Waals surface area contributed by atoms with Crippen LogP contribution in [-0.4, -0.2) is 5.51 Å². The van der Waals surface area contributed by atoms with E-state index in [2.05, 4.69) is 4.85 Å². The average molecular weight is 259 g/mol. The van der Waals surface area contributed by atoms with Crippen LogP contribution < -0.4 is 0 Å². The Balaban J connectivity index is 3.21. The first kappa shape index (κ1) is 13.9. The van der Waals surface area contributed by atoms with Gasteiger partial charge in [-0.05, 0) is 29.3 Å². The second-order valence-corrected chi connectivity index (χ2v) is 5.76. The lowest BCUT2D eigenvalue weighted by Crippen LogP contribution is -2.11. The molecule has 5 heteroatoms. The summed E-state index contributed by atoms with van der Waals surface area (Å²) in [6.45, 7) is 12.6. The Morgan fingerprint density at radius 2 is 1.71 bits per heavy atom. The zero-order chi connectivity index (χ0) is 13.3. The second-order valence-electron chi connectivity index (χ2n) is 4.63. The molecule has 1 aromatic rings. The smallest absolute Gasteiger partial charge is 0.238 e. The molecule has 0 atom stereocenters. The molecule has 0 unspecified atom stereocenters. The van der Waals surface area contributed by atoms with Gasteiger partial charge in [-0.3, -0.25) is 0 Å². The van der Waals surface area contributed by atoms with Crippen LogP contribution in [0, 0.1) is 6.57 Å². The van der Waals surface area contributed by atoms with Crippen molar-refractivity contribution >= 4 is 17.4 Å². The minimum absolute atomic E-state index is 0.0657. The van der Waals surface area contributed by atoms with Crippen molar-refractivity contribution in [2.45, 2.75) is 36.6 Å². The Kier molecular flexibility index (Phi) is 3.78. The molecule has 0 bridgehead atoms. The van der Waals surface area contributed by atoms with E-state index in [9.17, 15) is 13.2 Å². The van der Waals surface area contributed by atoms with Crippen LogP contribution in [0.1, 0.15) is 26.3 Å². The van der Waals surface area contributed by atoms with Crippen molar-refractivity contribution in [2.24, 2.45) is 0 Å². The monoisotopic (exact) mass is 259 g/mol. The molecule has 0 aliphatic rings. The lowest BCUT2D eigenvalue weighted by Gasteiger charge is -2.20. The van der Waals surface area contributed by atoms with E-state index in [1.165, 1.54) is 12.1 Å². The van der Waals surface area contributed by atoms with Gasteiger partial charge in [0.05, 0.1) is 6.57 Å². The summed E-state index contributed by atoms with van der Waals surface area (Å²) < 4.78 is 36.9. The molecule has 0 N–H and O–H groups in total. The quantitative estimate of drug-likeness (QED) is 0.498. The van der Waals surface area contributed by atoms with Gasteiger partial charge in [0.15, 0.2) is 5.69 Å². The molecule has 0 radical (unpaired) electrons. The first-order chi connectivity index (χ1) is 7.62. The highest BCUT2D eigenvalue weighted by Crippen LogP contribution is 2.40. The molecular weight excluding hydrogens is 247 g/mol. The third-order valence-corrected chi connectivity index (χ3v) is 2.82. The number of hydrogen-bond donors (Lipinski definition) is 0. The normalized spacial score (nSPS) is 12.3. The highest BCUT2D eigenvalue weighted by atomic mass is 32.2. The molecule has 0 aromatic heterocycles. The number of rotatable bonds is 1. The summed E-state index contributed by atoms with van der Waals surface area (Å²) in [6.07, 6.45) is 0. The van der Waals surface area contributed by atoms with Gasteiger partial charge in [0.25, 0.3) is 0 Å². The van der Waals surface area contributed by atoms with E-state index >= 15 is 0 Å². The summed E-state index contributed by atoms with van der Waals surface area (Å²) in [7, 11) is 0. The molecule has 0 amide bonds. The maximum Gasteiger partial charge on any atom is 0.446 e. The van der Waals surface area contributed by atoms with Gasteiger partial charge < -0.3 is 0 Å². The number of hydrogen-bond acceptors (Lipinski definition) is 1. The predicted molar refractivity (Wildman–Crippen MR) is 63.3 cm³/mol. The molecule has 0 heterocycles. The van der Waals surface area contributed by atoms with Crippen molar-refractivity contribution in [3.05, 3.63) is 35.2 Å². The first-order valence-electron chi connectivity index (χ1n) is 4.90. The minimum Gasteiger partial charge on any atom is -0.238 e. The zero-order valence-corrected chi connectivity index (χ0v) is 10.5. The summed E-state index contributed by atoms with van der Waals surface area (Å²) in [5.41, 5.74) is -3.63. The first-order valence-corrected chi connectivity index (χ1v) is 5.72. The average Bonchev–Trinajstić information content (AvgIpc) is 2.13. The van der Waals surface area contributed by atoms with Crippen LogP contribution in [0.15, 0.2) is 23.1 Å². The molecule has 1 nitrogen and oxygen atoms in total. The van der Waals surface area contributed by atoms with Gasteiger partial charge in [-0.2, -0.15) is 13.2 Å². The van der Waals surface area contributed by atoms with E-state index < -0.39 is 5.51 Å². The van der Waals surface area contributed by atoms with Crippen molar-refractivity contribution < 1.29 is 13.2 Å². The molecule has 92 valence electrons. The van der Waals surface area contributed by atoms with Crippen molar-refractivity contribution in [1.29, 1.82) is 0 Å². The van der Waals surface area contributed by atoms with Gasteiger partial charge in [0.1, 0.15) is 0 Å². The maximum absolute atomic E-state index is 12.3.